The average molecular weight is 921 g/mol. The first-order valence-electron chi connectivity index (χ1n) is 25.3. The lowest BCUT2D eigenvalue weighted by Gasteiger charge is -2.33. The fourth-order valence-corrected chi connectivity index (χ4v) is 11.8. The number of fused-ring (bicyclic) bond motifs is 6. The van der Waals surface area contributed by atoms with Gasteiger partial charge in [-0.1, -0.05) is 194 Å². The van der Waals surface area contributed by atoms with Crippen molar-refractivity contribution in [2.24, 2.45) is 0 Å². The molecule has 0 N–H and O–H groups in total. The number of anilines is 3. The summed E-state index contributed by atoms with van der Waals surface area (Å²) < 4.78 is 2.41. The van der Waals surface area contributed by atoms with Gasteiger partial charge in [-0.15, -0.1) is 0 Å². The van der Waals surface area contributed by atoms with Crippen molar-refractivity contribution in [3.05, 3.63) is 300 Å². The SMILES string of the molecule is CC1(C2=CC=CCC2)c2ccc(-c3ccc4c5ccccc5n(-c5ccccc5)c4c3)cc2-c2ccc(N(c3ccc(-c4ccccc4)cc3)c3cccc(C(Cc4c#cccc4)c4ccccc4)c3)cc21. The molecule has 342 valence electrons. The molecule has 0 bridgehead atoms. The molecule has 0 saturated heterocycles. The second-order valence-corrected chi connectivity index (χ2v) is 19.5. The molecular formula is C70H52N2. The first kappa shape index (κ1) is 43.1. The molecule has 13 rings (SSSR count). The van der Waals surface area contributed by atoms with Crippen molar-refractivity contribution in [2.45, 2.75) is 37.5 Å². The molecule has 0 radical (unpaired) electrons. The summed E-state index contributed by atoms with van der Waals surface area (Å²) in [6.07, 6.45) is 9.83. The molecule has 2 unspecified atom stereocenters. The van der Waals surface area contributed by atoms with Crippen LogP contribution < -0.4 is 4.90 Å². The van der Waals surface area contributed by atoms with Gasteiger partial charge in [0.1, 0.15) is 0 Å². The van der Waals surface area contributed by atoms with E-state index in [2.05, 4.69) is 277 Å². The molecule has 1 aromatic heterocycles. The minimum Gasteiger partial charge on any atom is -0.310 e. The normalized spacial score (nSPS) is 15.2. The van der Waals surface area contributed by atoms with E-state index >= 15 is 0 Å². The number of nitrogens with zero attached hydrogens (tertiary/aromatic N) is 2. The number of hydrogen-bond donors (Lipinski definition) is 0. The highest BCUT2D eigenvalue weighted by atomic mass is 15.1. The van der Waals surface area contributed by atoms with Gasteiger partial charge in [-0.2, -0.15) is 0 Å². The van der Waals surface area contributed by atoms with E-state index in [-0.39, 0.29) is 11.3 Å². The average Bonchev–Trinajstić information content (AvgIpc) is 3.92. The predicted octanol–water partition coefficient (Wildman–Crippen LogP) is 18.1. The zero-order valence-electron chi connectivity index (χ0n) is 40.3. The predicted molar refractivity (Wildman–Crippen MR) is 301 cm³/mol. The third-order valence-electron chi connectivity index (χ3n) is 15.4. The van der Waals surface area contributed by atoms with E-state index < -0.39 is 0 Å². The van der Waals surface area contributed by atoms with Crippen LogP contribution in [0.1, 0.15) is 53.5 Å². The summed E-state index contributed by atoms with van der Waals surface area (Å²) in [6.45, 7) is 2.47. The van der Waals surface area contributed by atoms with Crippen LogP contribution in [-0.4, -0.2) is 4.57 Å². The summed E-state index contributed by atoms with van der Waals surface area (Å²) in [4.78, 5) is 2.47. The summed E-state index contributed by atoms with van der Waals surface area (Å²) in [6, 6.07) is 93.7. The molecule has 0 spiro atoms. The Bertz CT molecular complexity index is 3830. The maximum atomic E-state index is 3.40. The summed E-state index contributed by atoms with van der Waals surface area (Å²) in [5.74, 6) is 0.126. The fraction of sp³-hybridized carbons (Fsp3) is 0.0857. The van der Waals surface area contributed by atoms with E-state index in [1.54, 1.807) is 0 Å². The molecule has 2 heteroatoms. The maximum absolute atomic E-state index is 3.40. The lowest BCUT2D eigenvalue weighted by atomic mass is 9.71. The van der Waals surface area contributed by atoms with Crippen LogP contribution in [0.2, 0.25) is 0 Å². The van der Waals surface area contributed by atoms with Gasteiger partial charge in [0.2, 0.25) is 0 Å². The van der Waals surface area contributed by atoms with Crippen molar-refractivity contribution in [2.75, 3.05) is 4.90 Å². The van der Waals surface area contributed by atoms with Crippen LogP contribution in [0.3, 0.4) is 0 Å². The second-order valence-electron chi connectivity index (χ2n) is 19.5. The summed E-state index contributed by atoms with van der Waals surface area (Å²) in [5.41, 5.74) is 21.9. The van der Waals surface area contributed by atoms with E-state index in [0.29, 0.717) is 0 Å². The molecule has 10 aromatic carbocycles. The quantitative estimate of drug-likeness (QED) is 0.125. The Balaban J connectivity index is 0.962. The van der Waals surface area contributed by atoms with Crippen LogP contribution in [0, 0.1) is 12.1 Å². The molecule has 1 heterocycles. The highest BCUT2D eigenvalue weighted by Gasteiger charge is 2.42. The molecule has 2 aliphatic carbocycles. The molecule has 0 amide bonds. The molecule has 2 nitrogen and oxygen atoms in total. The second kappa shape index (κ2) is 18.1. The number of hydrogen-bond acceptors (Lipinski definition) is 1. The zero-order chi connectivity index (χ0) is 48.0. The number of rotatable bonds is 11. The van der Waals surface area contributed by atoms with Gasteiger partial charge in [-0.3, -0.25) is 0 Å². The topological polar surface area (TPSA) is 8.17 Å². The van der Waals surface area contributed by atoms with Crippen molar-refractivity contribution in [1.82, 2.24) is 4.57 Å². The van der Waals surface area contributed by atoms with Crippen molar-refractivity contribution in [3.8, 4) is 39.1 Å². The van der Waals surface area contributed by atoms with E-state index in [4.69, 9.17) is 0 Å². The summed E-state index contributed by atoms with van der Waals surface area (Å²) in [7, 11) is 0. The van der Waals surface area contributed by atoms with E-state index in [9.17, 15) is 0 Å². The Morgan fingerprint density at radius 2 is 1.19 bits per heavy atom. The van der Waals surface area contributed by atoms with Gasteiger partial charge in [0.05, 0.1) is 11.0 Å². The number of para-hydroxylation sites is 2. The Kier molecular flexibility index (Phi) is 10.9. The third-order valence-corrected chi connectivity index (χ3v) is 15.4. The van der Waals surface area contributed by atoms with Crippen molar-refractivity contribution >= 4 is 38.9 Å². The maximum Gasteiger partial charge on any atom is 0.0547 e. The van der Waals surface area contributed by atoms with E-state index in [0.717, 1.165) is 41.9 Å². The molecule has 2 aliphatic rings. The molecule has 2 atom stereocenters. The fourth-order valence-electron chi connectivity index (χ4n) is 11.8. The lowest BCUT2D eigenvalue weighted by molar-refractivity contribution is 0.650. The number of aromatic nitrogens is 1. The van der Waals surface area contributed by atoms with Gasteiger partial charge < -0.3 is 9.47 Å². The van der Waals surface area contributed by atoms with Gasteiger partial charge in [0.25, 0.3) is 0 Å². The first-order chi connectivity index (χ1) is 35.6. The highest BCUT2D eigenvalue weighted by molar-refractivity contribution is 6.10. The Morgan fingerprint density at radius 1 is 0.514 bits per heavy atom. The molecule has 0 aliphatic heterocycles. The number of allylic oxidation sites excluding steroid dienone is 4. The monoisotopic (exact) mass is 920 g/mol. The van der Waals surface area contributed by atoms with Crippen molar-refractivity contribution in [3.63, 3.8) is 0 Å². The zero-order valence-corrected chi connectivity index (χ0v) is 40.3. The van der Waals surface area contributed by atoms with Gasteiger partial charge in [0.15, 0.2) is 0 Å². The third kappa shape index (κ3) is 7.54. The van der Waals surface area contributed by atoms with E-state index in [1.807, 2.05) is 6.07 Å². The molecular weight excluding hydrogens is 869 g/mol. The van der Waals surface area contributed by atoms with Gasteiger partial charge in [0, 0.05) is 50.4 Å². The Morgan fingerprint density at radius 3 is 1.99 bits per heavy atom. The van der Waals surface area contributed by atoms with Gasteiger partial charge in [-0.05, 0) is 161 Å². The smallest absolute Gasteiger partial charge is 0.0547 e. The van der Waals surface area contributed by atoms with Crippen LogP contribution in [0.4, 0.5) is 17.1 Å². The molecule has 0 saturated carbocycles. The van der Waals surface area contributed by atoms with Crippen LogP contribution in [0.5, 0.6) is 0 Å². The van der Waals surface area contributed by atoms with E-state index in [1.165, 1.54) is 88.7 Å². The molecule has 11 aromatic rings. The van der Waals surface area contributed by atoms with Crippen molar-refractivity contribution < 1.29 is 0 Å². The molecule has 72 heavy (non-hydrogen) atoms. The van der Waals surface area contributed by atoms with Crippen LogP contribution in [0.25, 0.3) is 60.9 Å². The van der Waals surface area contributed by atoms with Gasteiger partial charge in [-0.25, -0.2) is 0 Å². The lowest BCUT2D eigenvalue weighted by Crippen LogP contribution is -2.25. The largest absolute Gasteiger partial charge is 0.310 e. The van der Waals surface area contributed by atoms with Crippen LogP contribution >= 0.6 is 0 Å². The van der Waals surface area contributed by atoms with Crippen LogP contribution in [0.15, 0.2) is 260 Å². The summed E-state index contributed by atoms with van der Waals surface area (Å²) in [5, 5.41) is 2.52. The Labute approximate surface area is 423 Å². The van der Waals surface area contributed by atoms with Gasteiger partial charge >= 0.3 is 0 Å². The molecule has 0 fully saturated rings. The Hall–Kier alpha value is -8.90. The standard InChI is InChI=1S/C70H52N2/c1-70(56-27-13-5-14-28-56)66-43-37-53(54-36-41-63-62-32-17-18-33-68(62)72(69(63)47-54)57-29-15-6-16-30-57)46-65(66)61-42-40-60(48-67(61)70)71(58-38-34-51(35-39-58)50-22-9-3-10-23-50)59-31-19-26-55(45-59)64(52-24-11-4-12-25-52)44-49-20-7-2-8-21-49/h2-7,9-13,15-20,22-27,29-43,45-48,64H,14,28,44H2,1H3. The minimum absolute atomic E-state index is 0.126. The van der Waals surface area contributed by atoms with Crippen LogP contribution in [-0.2, 0) is 11.8 Å². The van der Waals surface area contributed by atoms with Crippen molar-refractivity contribution in [1.29, 1.82) is 0 Å². The minimum atomic E-state index is -0.333. The summed E-state index contributed by atoms with van der Waals surface area (Å²) >= 11 is 0. The first-order valence-corrected chi connectivity index (χ1v) is 25.3. The highest BCUT2D eigenvalue weighted by Crippen LogP contribution is 2.56. The number of benzene rings is 9.